The summed E-state index contributed by atoms with van der Waals surface area (Å²) in [7, 11) is -2.07. The van der Waals surface area contributed by atoms with Gasteiger partial charge in [0, 0.05) is 25.3 Å². The lowest BCUT2D eigenvalue weighted by atomic mass is 10.1. The van der Waals surface area contributed by atoms with Gasteiger partial charge in [0.1, 0.15) is 0 Å². The van der Waals surface area contributed by atoms with Gasteiger partial charge in [0.25, 0.3) is 5.69 Å². The monoisotopic (exact) mass is 314 g/mol. The van der Waals surface area contributed by atoms with Crippen LogP contribution in [0.5, 0.6) is 0 Å². The lowest BCUT2D eigenvalue weighted by Gasteiger charge is -2.25. The third-order valence-electron chi connectivity index (χ3n) is 3.57. The minimum atomic E-state index is -3.53. The molecule has 116 valence electrons. The third kappa shape index (κ3) is 3.01. The Morgan fingerprint density at radius 2 is 2.19 bits per heavy atom. The zero-order valence-corrected chi connectivity index (χ0v) is 13.0. The normalized spacial score (nSPS) is 19.4. The average molecular weight is 314 g/mol. The van der Waals surface area contributed by atoms with Gasteiger partial charge >= 0.3 is 0 Å². The highest BCUT2D eigenvalue weighted by Gasteiger charge is 2.36. The molecule has 21 heavy (non-hydrogen) atoms. The third-order valence-corrected chi connectivity index (χ3v) is 5.62. The lowest BCUT2D eigenvalue weighted by Crippen LogP contribution is -2.40. The molecule has 1 aliphatic heterocycles. The second-order valence-electron chi connectivity index (χ2n) is 5.24. The first kappa shape index (κ1) is 15.7. The Kier molecular flexibility index (Phi) is 4.20. The summed E-state index contributed by atoms with van der Waals surface area (Å²) in [6.45, 7) is 3.48. The van der Waals surface area contributed by atoms with Gasteiger partial charge in [-0.3, -0.25) is 14.4 Å². The van der Waals surface area contributed by atoms with E-state index in [0.717, 1.165) is 0 Å². The summed E-state index contributed by atoms with van der Waals surface area (Å²) < 4.78 is 31.4. The van der Waals surface area contributed by atoms with Gasteiger partial charge in [-0.25, -0.2) is 8.42 Å². The molecule has 0 saturated carbocycles. The van der Waals surface area contributed by atoms with Crippen LogP contribution in [-0.4, -0.2) is 38.3 Å². The number of sulfonamides is 1. The largest absolute Gasteiger partial charge is 0.381 e. The summed E-state index contributed by atoms with van der Waals surface area (Å²) >= 11 is 0. The molecule has 1 heterocycles. The summed E-state index contributed by atoms with van der Waals surface area (Å²) in [5.41, 5.74) is 1.19. The van der Waals surface area contributed by atoms with Crippen LogP contribution in [0.1, 0.15) is 19.4 Å². The van der Waals surface area contributed by atoms with E-state index in [1.54, 1.807) is 13.8 Å². The minimum absolute atomic E-state index is 0.0227. The van der Waals surface area contributed by atoms with Crippen molar-refractivity contribution in [3.8, 4) is 0 Å². The smallest absolute Gasteiger partial charge is 0.269 e. The van der Waals surface area contributed by atoms with E-state index in [1.165, 1.54) is 29.6 Å². The number of non-ortho nitro benzene ring substituents is 1. The molecule has 0 aromatic heterocycles. The van der Waals surface area contributed by atoms with Gasteiger partial charge in [-0.1, -0.05) is 0 Å². The van der Waals surface area contributed by atoms with Crippen LogP contribution in [0.2, 0.25) is 0 Å². The van der Waals surface area contributed by atoms with Crippen LogP contribution in [0.15, 0.2) is 18.2 Å². The van der Waals surface area contributed by atoms with Crippen LogP contribution in [-0.2, 0) is 21.2 Å². The fourth-order valence-electron chi connectivity index (χ4n) is 2.57. The molecule has 2 atom stereocenters. The highest BCUT2D eigenvalue weighted by atomic mass is 32.2. The summed E-state index contributed by atoms with van der Waals surface area (Å²) in [4.78, 5) is 10.3. The van der Waals surface area contributed by atoms with Gasteiger partial charge in [-0.15, -0.1) is 0 Å². The van der Waals surface area contributed by atoms with Crippen LogP contribution in [0.3, 0.4) is 0 Å². The van der Waals surface area contributed by atoms with Gasteiger partial charge in [0.15, 0.2) is 0 Å². The first-order chi connectivity index (χ1) is 9.76. The predicted molar refractivity (Wildman–Crippen MR) is 79.0 cm³/mol. The fraction of sp³-hybridized carbons (Fsp3) is 0.538. The Bertz CT molecular complexity index is 659. The molecule has 1 aliphatic rings. The maximum Gasteiger partial charge on any atom is 0.269 e. The van der Waals surface area contributed by atoms with Crippen molar-refractivity contribution in [1.29, 1.82) is 0 Å². The van der Waals surface area contributed by atoms with Gasteiger partial charge in [0.05, 0.1) is 22.5 Å². The molecular formula is C13H18N2O5S. The molecule has 0 bridgehead atoms. The molecule has 7 nitrogen and oxygen atoms in total. The van der Waals surface area contributed by atoms with Crippen LogP contribution in [0.25, 0.3) is 0 Å². The second-order valence-corrected chi connectivity index (χ2v) is 7.13. The Morgan fingerprint density at radius 3 is 2.76 bits per heavy atom. The molecule has 2 unspecified atom stereocenters. The Hall–Kier alpha value is -1.67. The van der Waals surface area contributed by atoms with Crippen molar-refractivity contribution in [2.24, 2.45) is 0 Å². The second kappa shape index (κ2) is 5.61. The molecule has 0 amide bonds. The Balaban J connectivity index is 2.39. The number of methoxy groups -OCH3 is 1. The zero-order valence-electron chi connectivity index (χ0n) is 12.1. The van der Waals surface area contributed by atoms with Gasteiger partial charge in [0.2, 0.25) is 10.0 Å². The van der Waals surface area contributed by atoms with E-state index in [2.05, 4.69) is 0 Å². The molecule has 8 heteroatoms. The van der Waals surface area contributed by atoms with Crippen LogP contribution in [0.4, 0.5) is 11.4 Å². The van der Waals surface area contributed by atoms with Crippen molar-refractivity contribution in [3.63, 3.8) is 0 Å². The number of anilines is 1. The van der Waals surface area contributed by atoms with E-state index in [1.807, 2.05) is 0 Å². The Morgan fingerprint density at radius 1 is 1.52 bits per heavy atom. The SMILES string of the molecule is COC(C)CS(=O)(=O)N1c2ccc([N+](=O)[O-])cc2CC1C. The Labute approximate surface area is 123 Å². The molecule has 0 radical (unpaired) electrons. The van der Waals surface area contributed by atoms with Gasteiger partial charge in [-0.05, 0) is 31.9 Å². The summed E-state index contributed by atoms with van der Waals surface area (Å²) in [6.07, 6.45) is 0.0572. The van der Waals surface area contributed by atoms with E-state index in [9.17, 15) is 18.5 Å². The predicted octanol–water partition coefficient (Wildman–Crippen LogP) is 1.71. The van der Waals surface area contributed by atoms with Crippen LogP contribution >= 0.6 is 0 Å². The molecule has 1 aromatic rings. The van der Waals surface area contributed by atoms with Crippen molar-refractivity contribution in [2.45, 2.75) is 32.4 Å². The molecule has 0 N–H and O–H groups in total. The van der Waals surface area contributed by atoms with Gasteiger partial charge < -0.3 is 4.74 Å². The summed E-state index contributed by atoms with van der Waals surface area (Å²) in [6, 6.07) is 4.03. The van der Waals surface area contributed by atoms with E-state index in [-0.39, 0.29) is 17.5 Å². The van der Waals surface area contributed by atoms with Crippen molar-refractivity contribution < 1.29 is 18.1 Å². The summed E-state index contributed by atoms with van der Waals surface area (Å²) in [5, 5.41) is 10.8. The molecule has 0 saturated heterocycles. The zero-order chi connectivity index (χ0) is 15.8. The molecule has 2 rings (SSSR count). The van der Waals surface area contributed by atoms with E-state index in [0.29, 0.717) is 17.7 Å². The molecule has 0 fully saturated rings. The number of nitro benzene ring substituents is 1. The molecule has 0 aliphatic carbocycles. The number of hydrogen-bond donors (Lipinski definition) is 0. The number of fused-ring (bicyclic) bond motifs is 1. The maximum atomic E-state index is 12.5. The molecule has 1 aromatic carbocycles. The number of nitrogens with zero attached hydrogens (tertiary/aromatic N) is 2. The quantitative estimate of drug-likeness (QED) is 0.609. The minimum Gasteiger partial charge on any atom is -0.381 e. The first-order valence-electron chi connectivity index (χ1n) is 6.58. The number of rotatable bonds is 5. The van der Waals surface area contributed by atoms with E-state index >= 15 is 0 Å². The van der Waals surface area contributed by atoms with Crippen molar-refractivity contribution in [3.05, 3.63) is 33.9 Å². The molecule has 0 spiro atoms. The fourth-order valence-corrected chi connectivity index (χ4v) is 4.56. The summed E-state index contributed by atoms with van der Waals surface area (Å²) in [5.74, 6) is -0.121. The van der Waals surface area contributed by atoms with Crippen molar-refractivity contribution >= 4 is 21.4 Å². The highest BCUT2D eigenvalue weighted by Crippen LogP contribution is 2.36. The molecular weight excluding hydrogens is 296 g/mol. The maximum absolute atomic E-state index is 12.5. The van der Waals surface area contributed by atoms with Gasteiger partial charge in [-0.2, -0.15) is 0 Å². The average Bonchev–Trinajstić information content (AvgIpc) is 2.73. The topological polar surface area (TPSA) is 89.8 Å². The highest BCUT2D eigenvalue weighted by molar-refractivity contribution is 7.92. The van der Waals surface area contributed by atoms with Crippen LogP contribution < -0.4 is 4.31 Å². The van der Waals surface area contributed by atoms with Crippen molar-refractivity contribution in [1.82, 2.24) is 0 Å². The van der Waals surface area contributed by atoms with Crippen LogP contribution in [0, 0.1) is 10.1 Å². The van der Waals surface area contributed by atoms with E-state index < -0.39 is 21.1 Å². The first-order valence-corrected chi connectivity index (χ1v) is 8.19. The number of ether oxygens (including phenoxy) is 1. The van der Waals surface area contributed by atoms with Crippen molar-refractivity contribution in [2.75, 3.05) is 17.2 Å². The standard InChI is InChI=1S/C13H18N2O5S/c1-9-6-11-7-12(15(16)17)4-5-13(11)14(9)21(18,19)8-10(2)20-3/h4-5,7,9-10H,6,8H2,1-3H3. The number of nitro groups is 1. The lowest BCUT2D eigenvalue weighted by molar-refractivity contribution is -0.384. The van der Waals surface area contributed by atoms with E-state index in [4.69, 9.17) is 4.74 Å². The number of hydrogen-bond acceptors (Lipinski definition) is 5. The number of benzene rings is 1.